The molecule has 2 rings (SSSR count). The first-order valence-corrected chi connectivity index (χ1v) is 7.85. The maximum Gasteiger partial charge on any atom is 0.315 e. The number of nitro groups is 1. The van der Waals surface area contributed by atoms with Crippen LogP contribution in [-0.4, -0.2) is 29.8 Å². The van der Waals surface area contributed by atoms with Gasteiger partial charge in [0, 0.05) is 17.8 Å². The van der Waals surface area contributed by atoms with Gasteiger partial charge in [-0.25, -0.2) is 4.98 Å². The van der Waals surface area contributed by atoms with E-state index in [1.165, 1.54) is 19.4 Å². The number of nitro benzene ring substituents is 1. The Morgan fingerprint density at radius 3 is 2.88 bits per heavy atom. The number of pyridine rings is 1. The number of rotatable bonds is 9. The van der Waals surface area contributed by atoms with Crippen LogP contribution in [0.15, 0.2) is 41.6 Å². The molecule has 8 heteroatoms. The molecule has 0 saturated heterocycles. The first-order valence-electron chi connectivity index (χ1n) is 7.85. The van der Waals surface area contributed by atoms with Crippen molar-refractivity contribution in [1.29, 1.82) is 0 Å². The molecule has 132 valence electrons. The molecule has 0 unspecified atom stereocenters. The summed E-state index contributed by atoms with van der Waals surface area (Å²) >= 11 is 0. The van der Waals surface area contributed by atoms with Crippen LogP contribution in [-0.2, 0) is 0 Å². The van der Waals surface area contributed by atoms with Crippen molar-refractivity contribution in [2.24, 2.45) is 5.10 Å². The number of nitrogens with one attached hydrogen (secondary N) is 1. The maximum absolute atomic E-state index is 11.4. The fourth-order valence-electron chi connectivity index (χ4n) is 2.04. The normalized spacial score (nSPS) is 10.6. The second-order valence-corrected chi connectivity index (χ2v) is 5.12. The van der Waals surface area contributed by atoms with Gasteiger partial charge in [0.25, 0.3) is 0 Å². The maximum atomic E-state index is 11.4. The largest absolute Gasteiger partial charge is 0.493 e. The highest BCUT2D eigenvalue weighted by atomic mass is 16.6. The molecule has 1 N–H and O–H groups in total. The number of anilines is 1. The Balaban J connectivity index is 2.23. The van der Waals surface area contributed by atoms with Crippen LogP contribution >= 0.6 is 0 Å². The lowest BCUT2D eigenvalue weighted by Crippen LogP contribution is -2.04. The Morgan fingerprint density at radius 1 is 1.40 bits per heavy atom. The summed E-state index contributed by atoms with van der Waals surface area (Å²) in [6.45, 7) is 2.41. The van der Waals surface area contributed by atoms with E-state index in [0.29, 0.717) is 23.7 Å². The molecule has 0 saturated carbocycles. The first-order chi connectivity index (χ1) is 12.2. The highest BCUT2D eigenvalue weighted by molar-refractivity contribution is 5.83. The molecule has 0 spiro atoms. The van der Waals surface area contributed by atoms with E-state index in [0.717, 1.165) is 12.8 Å². The highest BCUT2D eigenvalue weighted by Crippen LogP contribution is 2.38. The van der Waals surface area contributed by atoms with E-state index in [-0.39, 0.29) is 11.4 Å². The van der Waals surface area contributed by atoms with E-state index in [1.54, 1.807) is 24.4 Å². The zero-order chi connectivity index (χ0) is 18.1. The van der Waals surface area contributed by atoms with Crippen LogP contribution in [0.3, 0.4) is 0 Å². The van der Waals surface area contributed by atoms with E-state index in [2.05, 4.69) is 15.5 Å². The van der Waals surface area contributed by atoms with Crippen LogP contribution in [0, 0.1) is 10.1 Å². The minimum Gasteiger partial charge on any atom is -0.493 e. The molecule has 25 heavy (non-hydrogen) atoms. The molecule has 0 amide bonds. The van der Waals surface area contributed by atoms with Gasteiger partial charge in [0.1, 0.15) is 5.82 Å². The summed E-state index contributed by atoms with van der Waals surface area (Å²) < 4.78 is 10.8. The van der Waals surface area contributed by atoms with Gasteiger partial charge in [-0.05, 0) is 24.6 Å². The van der Waals surface area contributed by atoms with Gasteiger partial charge in [-0.2, -0.15) is 5.10 Å². The molecule has 2 aromatic rings. The number of nitrogens with zero attached hydrogens (tertiary/aromatic N) is 3. The second-order valence-electron chi connectivity index (χ2n) is 5.12. The van der Waals surface area contributed by atoms with Crippen molar-refractivity contribution in [1.82, 2.24) is 4.98 Å². The third-order valence-electron chi connectivity index (χ3n) is 3.28. The Hall–Kier alpha value is -3.16. The molecule has 8 nitrogen and oxygen atoms in total. The Kier molecular flexibility index (Phi) is 6.70. The number of ether oxygens (including phenoxy) is 2. The molecule has 0 bridgehead atoms. The average Bonchev–Trinajstić information content (AvgIpc) is 2.63. The summed E-state index contributed by atoms with van der Waals surface area (Å²) in [4.78, 5) is 14.9. The lowest BCUT2D eigenvalue weighted by Gasteiger charge is -2.11. The number of methoxy groups -OCH3 is 1. The van der Waals surface area contributed by atoms with Crippen LogP contribution in [0.4, 0.5) is 11.5 Å². The number of aromatic nitrogens is 1. The van der Waals surface area contributed by atoms with Gasteiger partial charge in [-0.15, -0.1) is 0 Å². The van der Waals surface area contributed by atoms with Crippen molar-refractivity contribution in [2.45, 2.75) is 19.8 Å². The Labute approximate surface area is 145 Å². The minimum atomic E-state index is -0.493. The molecule has 0 radical (unpaired) electrons. The molecule has 0 aliphatic rings. The van der Waals surface area contributed by atoms with Crippen molar-refractivity contribution in [3.8, 4) is 11.5 Å². The average molecular weight is 344 g/mol. The van der Waals surface area contributed by atoms with Gasteiger partial charge >= 0.3 is 5.69 Å². The molecule has 0 aliphatic heterocycles. The summed E-state index contributed by atoms with van der Waals surface area (Å²) in [6.07, 6.45) is 4.83. The van der Waals surface area contributed by atoms with E-state index in [4.69, 9.17) is 9.47 Å². The van der Waals surface area contributed by atoms with E-state index in [9.17, 15) is 10.1 Å². The Bertz CT molecular complexity index is 735. The molecule has 0 atom stereocenters. The van der Waals surface area contributed by atoms with Gasteiger partial charge in [0.05, 0.1) is 24.9 Å². The van der Waals surface area contributed by atoms with Crippen molar-refractivity contribution in [3.05, 3.63) is 52.2 Å². The standard InChI is InChI=1S/C17H20N4O4/c1-3-4-9-25-17-14(21(22)23)10-13(11-15(17)24-2)12-19-20-16-7-5-6-8-18-16/h5-8,10-12H,3-4,9H2,1-2H3,(H,18,20)/b19-12+. The number of hydrogen-bond donors (Lipinski definition) is 1. The summed E-state index contributed by atoms with van der Waals surface area (Å²) in [5.41, 5.74) is 3.10. The van der Waals surface area contributed by atoms with Gasteiger partial charge in [0.15, 0.2) is 5.75 Å². The van der Waals surface area contributed by atoms with Crippen molar-refractivity contribution in [2.75, 3.05) is 19.1 Å². The van der Waals surface area contributed by atoms with Gasteiger partial charge in [-0.3, -0.25) is 15.5 Å². The zero-order valence-electron chi connectivity index (χ0n) is 14.1. The third-order valence-corrected chi connectivity index (χ3v) is 3.28. The lowest BCUT2D eigenvalue weighted by atomic mass is 10.2. The van der Waals surface area contributed by atoms with Gasteiger partial charge in [0.2, 0.25) is 5.75 Å². The summed E-state index contributed by atoms with van der Waals surface area (Å²) in [5.74, 6) is 1.00. The molecule has 0 fully saturated rings. The quantitative estimate of drug-likeness (QED) is 0.323. The van der Waals surface area contributed by atoms with Gasteiger partial charge < -0.3 is 9.47 Å². The van der Waals surface area contributed by atoms with E-state index in [1.807, 2.05) is 13.0 Å². The predicted octanol–water partition coefficient (Wildman–Crippen LogP) is 3.62. The third kappa shape index (κ3) is 5.17. The fourth-order valence-corrected chi connectivity index (χ4v) is 2.04. The summed E-state index contributed by atoms with van der Waals surface area (Å²) in [6, 6.07) is 8.40. The fraction of sp³-hybridized carbons (Fsp3) is 0.294. The van der Waals surface area contributed by atoms with Crippen molar-refractivity contribution >= 4 is 17.7 Å². The zero-order valence-corrected chi connectivity index (χ0v) is 14.1. The van der Waals surface area contributed by atoms with Gasteiger partial charge in [-0.1, -0.05) is 19.4 Å². The van der Waals surface area contributed by atoms with E-state index >= 15 is 0 Å². The van der Waals surface area contributed by atoms with Crippen molar-refractivity contribution < 1.29 is 14.4 Å². The van der Waals surface area contributed by atoms with Crippen molar-refractivity contribution in [3.63, 3.8) is 0 Å². The molecule has 1 aromatic heterocycles. The number of benzene rings is 1. The number of hydrazone groups is 1. The molecular formula is C17H20N4O4. The molecule has 0 aliphatic carbocycles. The first kappa shape index (κ1) is 18.2. The summed E-state index contributed by atoms with van der Waals surface area (Å²) in [7, 11) is 1.44. The predicted molar refractivity (Wildman–Crippen MR) is 95.5 cm³/mol. The van der Waals surface area contributed by atoms with E-state index < -0.39 is 4.92 Å². The smallest absolute Gasteiger partial charge is 0.315 e. The minimum absolute atomic E-state index is 0.135. The lowest BCUT2D eigenvalue weighted by molar-refractivity contribution is -0.386. The topological polar surface area (TPSA) is 98.9 Å². The van der Waals surface area contributed by atoms with Crippen LogP contribution in [0.25, 0.3) is 0 Å². The number of unbranched alkanes of at least 4 members (excludes halogenated alkanes) is 1. The molecule has 1 heterocycles. The monoisotopic (exact) mass is 344 g/mol. The van der Waals surface area contributed by atoms with Crippen LogP contribution < -0.4 is 14.9 Å². The second kappa shape index (κ2) is 9.21. The highest BCUT2D eigenvalue weighted by Gasteiger charge is 2.21. The molecular weight excluding hydrogens is 324 g/mol. The molecule has 1 aromatic carbocycles. The van der Waals surface area contributed by atoms with Crippen LogP contribution in [0.5, 0.6) is 11.5 Å². The van der Waals surface area contributed by atoms with Crippen LogP contribution in [0.2, 0.25) is 0 Å². The summed E-state index contributed by atoms with van der Waals surface area (Å²) in [5, 5.41) is 15.4. The Morgan fingerprint density at radius 2 is 2.24 bits per heavy atom. The SMILES string of the molecule is CCCCOc1c(OC)cc(/C=N/Nc2ccccn2)cc1[N+](=O)[O-]. The van der Waals surface area contributed by atoms with Crippen LogP contribution in [0.1, 0.15) is 25.3 Å². The number of hydrogen-bond acceptors (Lipinski definition) is 7.